The van der Waals surface area contributed by atoms with Crippen LogP contribution in [0.5, 0.6) is 0 Å². The van der Waals surface area contributed by atoms with Gasteiger partial charge in [-0.3, -0.25) is 4.79 Å². The number of rotatable bonds is 6. The third-order valence-corrected chi connectivity index (χ3v) is 3.12. The molecule has 1 aliphatic heterocycles. The molecule has 1 heterocycles. The molecule has 0 aromatic rings. The number of likely N-dealkylation sites (tertiary alicyclic amines) is 1. The number of hydrogen-bond acceptors (Lipinski definition) is 3. The summed E-state index contributed by atoms with van der Waals surface area (Å²) in [4.78, 5) is 14.2. The summed E-state index contributed by atoms with van der Waals surface area (Å²) in [6.45, 7) is 8.05. The standard InChI is InChI=1S/C13H25NO2/c1-3-5-10-16-13(15)12-7-6-9-14(11-12)8-4-2/h12H,3-11H2,1-2H3. The number of nitrogens with zero attached hydrogens (tertiary/aromatic N) is 1. The van der Waals surface area contributed by atoms with Gasteiger partial charge in [-0.2, -0.15) is 0 Å². The van der Waals surface area contributed by atoms with Crippen LogP contribution in [-0.2, 0) is 9.53 Å². The summed E-state index contributed by atoms with van der Waals surface area (Å²) < 4.78 is 5.28. The first kappa shape index (κ1) is 13.5. The molecule has 0 bridgehead atoms. The Kier molecular flexibility index (Phi) is 6.46. The maximum atomic E-state index is 11.8. The van der Waals surface area contributed by atoms with Gasteiger partial charge in [0.15, 0.2) is 0 Å². The molecule has 0 aliphatic carbocycles. The van der Waals surface area contributed by atoms with Crippen LogP contribution in [0.2, 0.25) is 0 Å². The number of unbranched alkanes of at least 4 members (excludes halogenated alkanes) is 1. The van der Waals surface area contributed by atoms with E-state index in [1.54, 1.807) is 0 Å². The van der Waals surface area contributed by atoms with Crippen molar-refractivity contribution in [1.82, 2.24) is 4.90 Å². The Morgan fingerprint density at radius 2 is 2.19 bits per heavy atom. The minimum absolute atomic E-state index is 0.0225. The summed E-state index contributed by atoms with van der Waals surface area (Å²) in [6, 6.07) is 0. The van der Waals surface area contributed by atoms with Crippen molar-refractivity contribution in [3.63, 3.8) is 0 Å². The number of ether oxygens (including phenoxy) is 1. The zero-order valence-electron chi connectivity index (χ0n) is 10.7. The lowest BCUT2D eigenvalue weighted by Crippen LogP contribution is -2.39. The molecule has 1 unspecified atom stereocenters. The Morgan fingerprint density at radius 3 is 2.88 bits per heavy atom. The van der Waals surface area contributed by atoms with Crippen molar-refractivity contribution < 1.29 is 9.53 Å². The van der Waals surface area contributed by atoms with Gasteiger partial charge in [0, 0.05) is 6.54 Å². The zero-order valence-corrected chi connectivity index (χ0v) is 10.7. The van der Waals surface area contributed by atoms with E-state index in [0.717, 1.165) is 51.7 Å². The highest BCUT2D eigenvalue weighted by Gasteiger charge is 2.26. The van der Waals surface area contributed by atoms with Crippen LogP contribution < -0.4 is 0 Å². The Labute approximate surface area is 99.1 Å². The van der Waals surface area contributed by atoms with E-state index in [9.17, 15) is 4.79 Å². The van der Waals surface area contributed by atoms with Crippen molar-refractivity contribution in [3.8, 4) is 0 Å². The number of esters is 1. The van der Waals surface area contributed by atoms with Crippen molar-refractivity contribution in [3.05, 3.63) is 0 Å². The molecule has 0 radical (unpaired) electrons. The molecule has 0 aromatic carbocycles. The third-order valence-electron chi connectivity index (χ3n) is 3.12. The van der Waals surface area contributed by atoms with Gasteiger partial charge in [0.2, 0.25) is 0 Å². The van der Waals surface area contributed by atoms with Crippen LogP contribution in [0.25, 0.3) is 0 Å². The molecule has 1 atom stereocenters. The first-order valence-corrected chi connectivity index (χ1v) is 6.66. The highest BCUT2D eigenvalue weighted by Crippen LogP contribution is 2.18. The average Bonchev–Trinajstić information content (AvgIpc) is 2.30. The van der Waals surface area contributed by atoms with E-state index < -0.39 is 0 Å². The summed E-state index contributed by atoms with van der Waals surface area (Å²) in [5.74, 6) is 0.145. The normalized spacial score (nSPS) is 22.0. The fraction of sp³-hybridized carbons (Fsp3) is 0.923. The van der Waals surface area contributed by atoms with Crippen LogP contribution in [0.3, 0.4) is 0 Å². The predicted octanol–water partition coefficient (Wildman–Crippen LogP) is 2.45. The SMILES string of the molecule is CCCCOC(=O)C1CCCN(CCC)C1. The van der Waals surface area contributed by atoms with Gasteiger partial charge in [-0.05, 0) is 38.8 Å². The zero-order chi connectivity index (χ0) is 11.8. The molecular weight excluding hydrogens is 202 g/mol. The summed E-state index contributed by atoms with van der Waals surface area (Å²) in [6.07, 6.45) is 5.37. The predicted molar refractivity (Wildman–Crippen MR) is 65.3 cm³/mol. The smallest absolute Gasteiger partial charge is 0.310 e. The van der Waals surface area contributed by atoms with Gasteiger partial charge >= 0.3 is 5.97 Å². The molecule has 0 saturated carbocycles. The second-order valence-corrected chi connectivity index (χ2v) is 4.66. The molecule has 1 saturated heterocycles. The molecular formula is C13H25NO2. The fourth-order valence-electron chi connectivity index (χ4n) is 2.20. The number of carbonyl (C=O) groups is 1. The maximum absolute atomic E-state index is 11.8. The first-order chi connectivity index (χ1) is 7.77. The minimum Gasteiger partial charge on any atom is -0.465 e. The van der Waals surface area contributed by atoms with Crippen LogP contribution in [0.15, 0.2) is 0 Å². The molecule has 16 heavy (non-hydrogen) atoms. The van der Waals surface area contributed by atoms with Gasteiger partial charge in [0.25, 0.3) is 0 Å². The second-order valence-electron chi connectivity index (χ2n) is 4.66. The maximum Gasteiger partial charge on any atom is 0.310 e. The summed E-state index contributed by atoms with van der Waals surface area (Å²) in [7, 11) is 0. The topological polar surface area (TPSA) is 29.5 Å². The molecule has 0 spiro atoms. The van der Waals surface area contributed by atoms with Gasteiger partial charge in [-0.1, -0.05) is 20.3 Å². The van der Waals surface area contributed by atoms with Crippen molar-refractivity contribution >= 4 is 5.97 Å². The Hall–Kier alpha value is -0.570. The number of hydrogen-bond donors (Lipinski definition) is 0. The quantitative estimate of drug-likeness (QED) is 0.515. The Morgan fingerprint density at radius 1 is 1.38 bits per heavy atom. The molecule has 0 aromatic heterocycles. The van der Waals surface area contributed by atoms with Crippen LogP contribution >= 0.6 is 0 Å². The van der Waals surface area contributed by atoms with Gasteiger partial charge < -0.3 is 9.64 Å². The van der Waals surface area contributed by atoms with Crippen LogP contribution in [0, 0.1) is 5.92 Å². The van der Waals surface area contributed by atoms with E-state index in [-0.39, 0.29) is 11.9 Å². The van der Waals surface area contributed by atoms with Gasteiger partial charge in [-0.25, -0.2) is 0 Å². The van der Waals surface area contributed by atoms with E-state index in [1.807, 2.05) is 0 Å². The summed E-state index contributed by atoms with van der Waals surface area (Å²) >= 11 is 0. The highest BCUT2D eigenvalue weighted by molar-refractivity contribution is 5.72. The Bertz CT molecular complexity index is 204. The van der Waals surface area contributed by atoms with E-state index in [1.165, 1.54) is 0 Å². The molecule has 3 heteroatoms. The van der Waals surface area contributed by atoms with Crippen molar-refractivity contribution in [1.29, 1.82) is 0 Å². The van der Waals surface area contributed by atoms with E-state index in [4.69, 9.17) is 4.74 Å². The molecule has 1 fully saturated rings. The fourth-order valence-corrected chi connectivity index (χ4v) is 2.20. The Balaban J connectivity index is 2.26. The largest absolute Gasteiger partial charge is 0.465 e. The van der Waals surface area contributed by atoms with E-state index in [2.05, 4.69) is 18.7 Å². The minimum atomic E-state index is 0.0225. The van der Waals surface area contributed by atoms with Crippen molar-refractivity contribution in [2.75, 3.05) is 26.2 Å². The molecule has 94 valence electrons. The lowest BCUT2D eigenvalue weighted by molar-refractivity contribution is -0.150. The molecule has 3 nitrogen and oxygen atoms in total. The monoisotopic (exact) mass is 227 g/mol. The number of carbonyl (C=O) groups excluding carboxylic acids is 1. The van der Waals surface area contributed by atoms with Crippen LogP contribution in [-0.4, -0.2) is 37.1 Å². The summed E-state index contributed by atoms with van der Waals surface area (Å²) in [5, 5.41) is 0. The van der Waals surface area contributed by atoms with E-state index >= 15 is 0 Å². The first-order valence-electron chi connectivity index (χ1n) is 6.66. The van der Waals surface area contributed by atoms with Gasteiger partial charge in [-0.15, -0.1) is 0 Å². The number of piperidine rings is 1. The lowest BCUT2D eigenvalue weighted by atomic mass is 9.98. The molecule has 0 N–H and O–H groups in total. The average molecular weight is 227 g/mol. The summed E-state index contributed by atoms with van der Waals surface area (Å²) in [5.41, 5.74) is 0. The van der Waals surface area contributed by atoms with E-state index in [0.29, 0.717) is 6.61 Å². The van der Waals surface area contributed by atoms with Crippen molar-refractivity contribution in [2.24, 2.45) is 5.92 Å². The van der Waals surface area contributed by atoms with Gasteiger partial charge in [0.05, 0.1) is 12.5 Å². The van der Waals surface area contributed by atoms with Crippen LogP contribution in [0.1, 0.15) is 46.0 Å². The third kappa shape index (κ3) is 4.52. The highest BCUT2D eigenvalue weighted by atomic mass is 16.5. The van der Waals surface area contributed by atoms with Gasteiger partial charge in [0.1, 0.15) is 0 Å². The lowest BCUT2D eigenvalue weighted by Gasteiger charge is -2.31. The van der Waals surface area contributed by atoms with Crippen LogP contribution in [0.4, 0.5) is 0 Å². The molecule has 1 aliphatic rings. The molecule has 0 amide bonds. The van der Waals surface area contributed by atoms with Crippen molar-refractivity contribution in [2.45, 2.75) is 46.0 Å². The second kappa shape index (κ2) is 7.66. The molecule has 1 rings (SSSR count).